The fourth-order valence-electron chi connectivity index (χ4n) is 2.91. The Balaban J connectivity index is 1.81. The predicted octanol–water partition coefficient (Wildman–Crippen LogP) is 2.08. The van der Waals surface area contributed by atoms with Crippen molar-refractivity contribution in [1.82, 2.24) is 9.47 Å². The summed E-state index contributed by atoms with van der Waals surface area (Å²) in [4.78, 5) is 36.9. The van der Waals surface area contributed by atoms with Gasteiger partial charge in [-0.05, 0) is 32.0 Å². The molecule has 2 aromatic rings. The molecule has 6 nitrogen and oxygen atoms in total. The van der Waals surface area contributed by atoms with Gasteiger partial charge in [0.05, 0.1) is 19.4 Å². The van der Waals surface area contributed by atoms with Crippen molar-refractivity contribution < 1.29 is 18.8 Å². The molecule has 0 radical (unpaired) electrons. The molecule has 3 heterocycles. The van der Waals surface area contributed by atoms with Crippen LogP contribution < -0.4 is 0 Å². The van der Waals surface area contributed by atoms with Gasteiger partial charge < -0.3 is 8.98 Å². The zero-order chi connectivity index (χ0) is 16.6. The van der Waals surface area contributed by atoms with Gasteiger partial charge in [0.2, 0.25) is 11.8 Å². The fourth-order valence-corrected chi connectivity index (χ4v) is 2.91. The highest BCUT2D eigenvalue weighted by atomic mass is 16.3. The van der Waals surface area contributed by atoms with Crippen molar-refractivity contribution in [3.8, 4) is 0 Å². The van der Waals surface area contributed by atoms with Gasteiger partial charge in [-0.2, -0.15) is 0 Å². The second-order valence-electron chi connectivity index (χ2n) is 5.75. The first-order valence-corrected chi connectivity index (χ1v) is 7.53. The number of hydrogen-bond donors (Lipinski definition) is 0. The van der Waals surface area contributed by atoms with Crippen molar-refractivity contribution in [2.75, 3.05) is 6.54 Å². The number of aryl methyl sites for hydroxylation is 1. The molecule has 0 unspecified atom stereocenters. The molecule has 1 saturated heterocycles. The van der Waals surface area contributed by atoms with Gasteiger partial charge in [-0.1, -0.05) is 0 Å². The maximum Gasteiger partial charge on any atom is 0.230 e. The zero-order valence-electron chi connectivity index (χ0n) is 13.2. The number of rotatable bonds is 5. The SMILES string of the molecule is Cc1cc(C(=O)CN2C(=O)CCC2=O)c(C)n1Cc1ccco1. The third kappa shape index (κ3) is 2.84. The largest absolute Gasteiger partial charge is 0.467 e. The summed E-state index contributed by atoms with van der Waals surface area (Å²) < 4.78 is 7.34. The summed E-state index contributed by atoms with van der Waals surface area (Å²) >= 11 is 0. The van der Waals surface area contributed by atoms with Gasteiger partial charge in [0.15, 0.2) is 5.78 Å². The van der Waals surface area contributed by atoms with Gasteiger partial charge in [0.25, 0.3) is 0 Å². The van der Waals surface area contributed by atoms with Crippen LogP contribution in [0.5, 0.6) is 0 Å². The molecule has 2 aromatic heterocycles. The quantitative estimate of drug-likeness (QED) is 0.625. The average molecular weight is 314 g/mol. The molecule has 0 spiro atoms. The standard InChI is InChI=1S/C17H18N2O4/c1-11-8-14(12(2)18(11)9-13-4-3-7-23-13)15(20)10-19-16(21)5-6-17(19)22/h3-4,7-8H,5-6,9-10H2,1-2H3. The number of Topliss-reactive ketones (excluding diaryl/α,β-unsaturated/α-hetero) is 1. The number of carbonyl (C=O) groups excluding carboxylic acids is 3. The first kappa shape index (κ1) is 15.3. The number of amides is 2. The van der Waals surface area contributed by atoms with Crippen LogP contribution in [-0.2, 0) is 16.1 Å². The molecule has 1 fully saturated rings. The van der Waals surface area contributed by atoms with E-state index in [-0.39, 0.29) is 37.0 Å². The lowest BCUT2D eigenvalue weighted by Crippen LogP contribution is -2.34. The minimum atomic E-state index is -0.271. The molecule has 3 rings (SSSR count). The lowest BCUT2D eigenvalue weighted by Gasteiger charge is -2.13. The molecule has 0 N–H and O–H groups in total. The summed E-state index contributed by atoms with van der Waals surface area (Å²) in [6, 6.07) is 5.49. The average Bonchev–Trinajstić information content (AvgIpc) is 3.20. The molecule has 120 valence electrons. The van der Waals surface area contributed by atoms with Crippen molar-refractivity contribution in [1.29, 1.82) is 0 Å². The number of furan rings is 1. The molecule has 23 heavy (non-hydrogen) atoms. The van der Waals surface area contributed by atoms with Crippen molar-refractivity contribution in [2.45, 2.75) is 33.2 Å². The van der Waals surface area contributed by atoms with E-state index >= 15 is 0 Å². The van der Waals surface area contributed by atoms with Crippen molar-refractivity contribution >= 4 is 17.6 Å². The molecule has 0 aromatic carbocycles. The van der Waals surface area contributed by atoms with Gasteiger partial charge in [-0.3, -0.25) is 19.3 Å². The van der Waals surface area contributed by atoms with Gasteiger partial charge >= 0.3 is 0 Å². The summed E-state index contributed by atoms with van der Waals surface area (Å²) in [5.41, 5.74) is 2.28. The third-order valence-electron chi connectivity index (χ3n) is 4.22. The number of hydrogen-bond acceptors (Lipinski definition) is 4. The normalized spacial score (nSPS) is 14.8. The number of likely N-dealkylation sites (tertiary alicyclic amines) is 1. The molecule has 2 amide bonds. The number of aromatic nitrogens is 1. The molecule has 6 heteroatoms. The van der Waals surface area contributed by atoms with Crippen LogP contribution in [0.2, 0.25) is 0 Å². The minimum absolute atomic E-state index is 0.178. The highest BCUT2D eigenvalue weighted by Gasteiger charge is 2.31. The van der Waals surface area contributed by atoms with Crippen LogP contribution in [0.3, 0.4) is 0 Å². The van der Waals surface area contributed by atoms with E-state index in [2.05, 4.69) is 0 Å². The van der Waals surface area contributed by atoms with E-state index in [9.17, 15) is 14.4 Å². The first-order valence-electron chi connectivity index (χ1n) is 7.53. The van der Waals surface area contributed by atoms with Crippen LogP contribution in [0, 0.1) is 13.8 Å². The minimum Gasteiger partial charge on any atom is -0.467 e. The van der Waals surface area contributed by atoms with Gasteiger partial charge in [0.1, 0.15) is 5.76 Å². The fraction of sp³-hybridized carbons (Fsp3) is 0.353. The topological polar surface area (TPSA) is 72.5 Å². The smallest absolute Gasteiger partial charge is 0.230 e. The summed E-state index contributed by atoms with van der Waals surface area (Å²) in [5, 5.41) is 0. The van der Waals surface area contributed by atoms with Crippen LogP contribution in [0.15, 0.2) is 28.9 Å². The van der Waals surface area contributed by atoms with E-state index in [1.807, 2.05) is 30.5 Å². The van der Waals surface area contributed by atoms with Crippen LogP contribution in [0.25, 0.3) is 0 Å². The predicted molar refractivity (Wildman–Crippen MR) is 82.0 cm³/mol. The molecular formula is C17H18N2O4. The lowest BCUT2D eigenvalue weighted by molar-refractivity contribution is -0.137. The molecule has 0 aliphatic carbocycles. The number of ketones is 1. The first-order chi connectivity index (χ1) is 11.0. The van der Waals surface area contributed by atoms with Crippen molar-refractivity contribution in [3.05, 3.63) is 47.2 Å². The van der Waals surface area contributed by atoms with Gasteiger partial charge in [-0.15, -0.1) is 0 Å². The monoisotopic (exact) mass is 314 g/mol. The number of carbonyl (C=O) groups is 3. The van der Waals surface area contributed by atoms with Crippen LogP contribution in [0.1, 0.15) is 40.3 Å². The Bertz CT molecular complexity index is 755. The van der Waals surface area contributed by atoms with Crippen LogP contribution in [-0.4, -0.2) is 33.6 Å². The number of imide groups is 1. The maximum atomic E-state index is 12.5. The zero-order valence-corrected chi connectivity index (χ0v) is 13.2. The molecule has 0 atom stereocenters. The Morgan fingerprint density at radius 2 is 1.91 bits per heavy atom. The Hall–Kier alpha value is -2.63. The summed E-state index contributed by atoms with van der Waals surface area (Å²) in [5.74, 6) is 0.0450. The summed E-state index contributed by atoms with van der Waals surface area (Å²) in [6.07, 6.45) is 2.01. The maximum absolute atomic E-state index is 12.5. The van der Waals surface area contributed by atoms with E-state index < -0.39 is 0 Å². The Morgan fingerprint density at radius 1 is 1.22 bits per heavy atom. The second-order valence-corrected chi connectivity index (χ2v) is 5.75. The number of nitrogens with zero attached hydrogens (tertiary/aromatic N) is 2. The third-order valence-corrected chi connectivity index (χ3v) is 4.22. The highest BCUT2D eigenvalue weighted by Crippen LogP contribution is 2.20. The van der Waals surface area contributed by atoms with E-state index in [1.54, 1.807) is 12.3 Å². The highest BCUT2D eigenvalue weighted by molar-refractivity contribution is 6.08. The Kier molecular flexibility index (Phi) is 3.90. The molecule has 1 aliphatic rings. The van der Waals surface area contributed by atoms with Crippen LogP contribution >= 0.6 is 0 Å². The van der Waals surface area contributed by atoms with Gasteiger partial charge in [0, 0.05) is 29.8 Å². The van der Waals surface area contributed by atoms with E-state index in [0.29, 0.717) is 12.1 Å². The molecule has 1 aliphatic heterocycles. The van der Waals surface area contributed by atoms with Crippen LogP contribution in [0.4, 0.5) is 0 Å². The summed E-state index contributed by atoms with van der Waals surface area (Å²) in [6.45, 7) is 4.14. The Labute approximate surface area is 133 Å². The Morgan fingerprint density at radius 3 is 2.52 bits per heavy atom. The molecule has 0 bridgehead atoms. The molecule has 0 saturated carbocycles. The van der Waals surface area contributed by atoms with E-state index in [0.717, 1.165) is 22.0 Å². The second kappa shape index (κ2) is 5.87. The van der Waals surface area contributed by atoms with E-state index in [4.69, 9.17) is 4.42 Å². The summed E-state index contributed by atoms with van der Waals surface area (Å²) in [7, 11) is 0. The lowest BCUT2D eigenvalue weighted by atomic mass is 10.1. The van der Waals surface area contributed by atoms with Gasteiger partial charge in [-0.25, -0.2) is 0 Å². The van der Waals surface area contributed by atoms with Crippen molar-refractivity contribution in [3.63, 3.8) is 0 Å². The van der Waals surface area contributed by atoms with Crippen molar-refractivity contribution in [2.24, 2.45) is 0 Å². The molecular weight excluding hydrogens is 296 g/mol. The van der Waals surface area contributed by atoms with E-state index in [1.165, 1.54) is 0 Å².